The van der Waals surface area contributed by atoms with E-state index >= 15 is 0 Å². The van der Waals surface area contributed by atoms with Crippen LogP contribution in [0.2, 0.25) is 0 Å². The topological polar surface area (TPSA) is 36.4 Å². The smallest absolute Gasteiger partial charge is 0.256 e. The first-order chi connectivity index (χ1) is 12.1. The van der Waals surface area contributed by atoms with E-state index in [4.69, 9.17) is 0 Å². The molecular weight excluding hydrogens is 310 g/mol. The number of likely N-dealkylation sites (N-methyl/N-ethyl adjacent to an activating group) is 1. The average molecular weight is 337 g/mol. The number of amides is 1. The van der Waals surface area contributed by atoms with Crippen LogP contribution in [0.3, 0.4) is 0 Å². The molecule has 4 heteroatoms. The Morgan fingerprint density at radius 3 is 2.64 bits per heavy atom. The molecular formula is C21H27N3O. The molecule has 1 aliphatic rings. The number of hydrogen-bond donors (Lipinski definition) is 0. The highest BCUT2D eigenvalue weighted by atomic mass is 16.2. The zero-order valence-electron chi connectivity index (χ0n) is 15.4. The van der Waals surface area contributed by atoms with Crippen molar-refractivity contribution in [3.63, 3.8) is 0 Å². The molecule has 1 aromatic heterocycles. The summed E-state index contributed by atoms with van der Waals surface area (Å²) < 4.78 is 0. The molecule has 132 valence electrons. The number of pyridine rings is 1. The number of aryl methyl sites for hydroxylation is 1. The van der Waals surface area contributed by atoms with Crippen molar-refractivity contribution >= 4 is 5.91 Å². The summed E-state index contributed by atoms with van der Waals surface area (Å²) >= 11 is 0. The van der Waals surface area contributed by atoms with Crippen molar-refractivity contribution in [2.45, 2.75) is 32.2 Å². The Morgan fingerprint density at radius 2 is 1.92 bits per heavy atom. The fraction of sp³-hybridized carbons (Fsp3) is 0.429. The second-order valence-electron chi connectivity index (χ2n) is 7.05. The van der Waals surface area contributed by atoms with Crippen molar-refractivity contribution in [3.8, 4) is 11.1 Å². The summed E-state index contributed by atoms with van der Waals surface area (Å²) in [6.45, 7) is 3.54. The van der Waals surface area contributed by atoms with Crippen LogP contribution >= 0.6 is 0 Å². The van der Waals surface area contributed by atoms with E-state index in [0.29, 0.717) is 6.04 Å². The Bertz CT molecular complexity index is 727. The van der Waals surface area contributed by atoms with Crippen LogP contribution in [0, 0.1) is 6.92 Å². The molecule has 3 rings (SSSR count). The molecule has 0 radical (unpaired) electrons. The van der Waals surface area contributed by atoms with Crippen molar-refractivity contribution in [1.29, 1.82) is 0 Å². The monoisotopic (exact) mass is 337 g/mol. The molecule has 0 aliphatic carbocycles. The molecule has 0 N–H and O–H groups in total. The van der Waals surface area contributed by atoms with E-state index in [0.717, 1.165) is 48.3 Å². The molecule has 1 fully saturated rings. The predicted octanol–water partition coefficient (Wildman–Crippen LogP) is 3.61. The van der Waals surface area contributed by atoms with Crippen molar-refractivity contribution in [2.75, 3.05) is 27.2 Å². The normalized spacial score (nSPS) is 18.2. The Hall–Kier alpha value is -2.20. The number of nitrogens with zero attached hydrogens (tertiary/aromatic N) is 3. The van der Waals surface area contributed by atoms with Crippen LogP contribution in [-0.4, -0.2) is 53.9 Å². The highest BCUT2D eigenvalue weighted by molar-refractivity contribution is 6.01. The number of likely N-dealkylation sites (tertiary alicyclic amines) is 1. The van der Waals surface area contributed by atoms with Crippen molar-refractivity contribution in [1.82, 2.24) is 14.8 Å². The molecule has 25 heavy (non-hydrogen) atoms. The minimum atomic E-state index is 0.109. The van der Waals surface area contributed by atoms with Crippen LogP contribution in [0.15, 0.2) is 42.6 Å². The molecule has 1 saturated heterocycles. The highest BCUT2D eigenvalue weighted by Gasteiger charge is 2.27. The van der Waals surface area contributed by atoms with E-state index in [1.54, 1.807) is 6.20 Å². The first-order valence-corrected chi connectivity index (χ1v) is 9.04. The second-order valence-corrected chi connectivity index (χ2v) is 7.05. The number of carbonyl (C=O) groups is 1. The van der Waals surface area contributed by atoms with Crippen LogP contribution in [0.5, 0.6) is 0 Å². The number of hydrogen-bond acceptors (Lipinski definition) is 3. The Morgan fingerprint density at radius 1 is 1.16 bits per heavy atom. The first-order valence-electron chi connectivity index (χ1n) is 9.04. The van der Waals surface area contributed by atoms with Gasteiger partial charge in [-0.25, -0.2) is 0 Å². The van der Waals surface area contributed by atoms with E-state index in [-0.39, 0.29) is 5.91 Å². The predicted molar refractivity (Wildman–Crippen MR) is 102 cm³/mol. The van der Waals surface area contributed by atoms with Gasteiger partial charge in [0.15, 0.2) is 0 Å². The second kappa shape index (κ2) is 7.79. The van der Waals surface area contributed by atoms with Gasteiger partial charge in [0, 0.05) is 25.3 Å². The average Bonchev–Trinajstić information content (AvgIpc) is 2.88. The summed E-state index contributed by atoms with van der Waals surface area (Å²) in [5, 5.41) is 0. The largest absolute Gasteiger partial charge is 0.337 e. The third-order valence-corrected chi connectivity index (χ3v) is 5.10. The minimum Gasteiger partial charge on any atom is -0.337 e. The summed E-state index contributed by atoms with van der Waals surface area (Å²) in [5.41, 5.74) is 3.59. The molecule has 4 nitrogen and oxygen atoms in total. The minimum absolute atomic E-state index is 0.109. The number of carbonyl (C=O) groups excluding carboxylic acids is 1. The molecule has 1 atom stereocenters. The van der Waals surface area contributed by atoms with Crippen LogP contribution in [0.1, 0.15) is 35.3 Å². The van der Waals surface area contributed by atoms with Gasteiger partial charge in [-0.05, 0) is 51.1 Å². The molecule has 0 saturated carbocycles. The molecule has 0 unspecified atom stereocenters. The van der Waals surface area contributed by atoms with Crippen LogP contribution in [-0.2, 0) is 0 Å². The summed E-state index contributed by atoms with van der Waals surface area (Å²) in [6, 6.07) is 12.5. The number of rotatable bonds is 3. The number of aromatic nitrogens is 1. The zero-order chi connectivity index (χ0) is 17.8. The van der Waals surface area contributed by atoms with Gasteiger partial charge in [-0.2, -0.15) is 0 Å². The molecule has 1 aliphatic heterocycles. The summed E-state index contributed by atoms with van der Waals surface area (Å²) in [7, 11) is 4.20. The maximum absolute atomic E-state index is 13.4. The molecule has 0 bridgehead atoms. The van der Waals surface area contributed by atoms with Crippen molar-refractivity contribution in [3.05, 3.63) is 53.9 Å². The lowest BCUT2D eigenvalue weighted by atomic mass is 9.98. The third-order valence-electron chi connectivity index (χ3n) is 5.10. The van der Waals surface area contributed by atoms with Gasteiger partial charge in [0.1, 0.15) is 0 Å². The van der Waals surface area contributed by atoms with Gasteiger partial charge in [-0.15, -0.1) is 0 Å². The van der Waals surface area contributed by atoms with Gasteiger partial charge in [-0.3, -0.25) is 9.78 Å². The van der Waals surface area contributed by atoms with Crippen molar-refractivity contribution in [2.24, 2.45) is 0 Å². The Labute approximate surface area is 150 Å². The fourth-order valence-electron chi connectivity index (χ4n) is 3.58. The van der Waals surface area contributed by atoms with Gasteiger partial charge in [0.25, 0.3) is 5.91 Å². The van der Waals surface area contributed by atoms with E-state index in [1.165, 1.54) is 6.42 Å². The molecule has 2 aromatic rings. The van der Waals surface area contributed by atoms with E-state index in [9.17, 15) is 4.79 Å². The SMILES string of the molecule is Cc1nccc(-c2ccccc2)c1C(=O)N1CCCC[C@H](N(C)C)C1. The van der Waals surface area contributed by atoms with E-state index in [1.807, 2.05) is 36.1 Å². The first kappa shape index (κ1) is 17.6. The maximum Gasteiger partial charge on any atom is 0.256 e. The number of benzene rings is 1. The zero-order valence-corrected chi connectivity index (χ0v) is 15.4. The summed E-state index contributed by atoms with van der Waals surface area (Å²) in [5.74, 6) is 0.109. The van der Waals surface area contributed by atoms with Crippen LogP contribution < -0.4 is 0 Å². The molecule has 2 heterocycles. The van der Waals surface area contributed by atoms with Gasteiger partial charge < -0.3 is 9.80 Å². The summed E-state index contributed by atoms with van der Waals surface area (Å²) in [4.78, 5) is 22.1. The van der Waals surface area contributed by atoms with Crippen LogP contribution in [0.25, 0.3) is 11.1 Å². The van der Waals surface area contributed by atoms with Crippen LogP contribution in [0.4, 0.5) is 0 Å². The van der Waals surface area contributed by atoms with Gasteiger partial charge in [0.2, 0.25) is 0 Å². The lowest BCUT2D eigenvalue weighted by Gasteiger charge is -2.29. The summed E-state index contributed by atoms with van der Waals surface area (Å²) in [6.07, 6.45) is 5.17. The van der Waals surface area contributed by atoms with Crippen molar-refractivity contribution < 1.29 is 4.79 Å². The van der Waals surface area contributed by atoms with Gasteiger partial charge in [0.05, 0.1) is 11.3 Å². The van der Waals surface area contributed by atoms with Gasteiger partial charge >= 0.3 is 0 Å². The molecule has 0 spiro atoms. The third kappa shape index (κ3) is 3.90. The molecule has 1 aromatic carbocycles. The fourth-order valence-corrected chi connectivity index (χ4v) is 3.58. The lowest BCUT2D eigenvalue weighted by Crippen LogP contribution is -2.42. The van der Waals surface area contributed by atoms with E-state index in [2.05, 4.69) is 36.1 Å². The standard InChI is InChI=1S/C21H27N3O/c1-16-20(19(12-13-22-16)17-9-5-4-6-10-17)21(25)24-14-8-7-11-18(15-24)23(2)3/h4-6,9-10,12-13,18H,7-8,11,14-15H2,1-3H3/t18-/m0/s1. The Kier molecular flexibility index (Phi) is 5.49. The Balaban J connectivity index is 1.97. The van der Waals surface area contributed by atoms with E-state index < -0.39 is 0 Å². The highest BCUT2D eigenvalue weighted by Crippen LogP contribution is 2.27. The lowest BCUT2D eigenvalue weighted by molar-refractivity contribution is 0.0725. The molecule has 1 amide bonds. The quantitative estimate of drug-likeness (QED) is 0.858. The maximum atomic E-state index is 13.4. The van der Waals surface area contributed by atoms with Gasteiger partial charge in [-0.1, -0.05) is 36.8 Å².